The lowest BCUT2D eigenvalue weighted by molar-refractivity contribution is 0.266. The first-order valence-corrected chi connectivity index (χ1v) is 5.11. The standard InChI is InChI=1S/C10H19N3O/c1-7(2)9-11-10(8(3)4)13(12-9)5-6-14/h7-8,14H,5-6H2,1-4H3. The molecule has 0 aliphatic heterocycles. The highest BCUT2D eigenvalue weighted by Gasteiger charge is 2.14. The molecule has 0 bridgehead atoms. The third-order valence-electron chi connectivity index (χ3n) is 2.06. The third kappa shape index (κ3) is 2.32. The minimum atomic E-state index is 0.112. The number of rotatable bonds is 4. The molecule has 0 unspecified atom stereocenters. The molecule has 0 aliphatic rings. The van der Waals surface area contributed by atoms with Gasteiger partial charge in [-0.05, 0) is 0 Å². The van der Waals surface area contributed by atoms with Crippen LogP contribution in [0.4, 0.5) is 0 Å². The normalized spacial score (nSPS) is 11.6. The summed E-state index contributed by atoms with van der Waals surface area (Å²) in [5.41, 5.74) is 0. The Morgan fingerprint density at radius 3 is 2.29 bits per heavy atom. The number of aromatic nitrogens is 3. The van der Waals surface area contributed by atoms with Crippen molar-refractivity contribution >= 4 is 0 Å². The summed E-state index contributed by atoms with van der Waals surface area (Å²) in [5, 5.41) is 13.3. The fourth-order valence-electron chi connectivity index (χ4n) is 1.30. The van der Waals surface area contributed by atoms with Gasteiger partial charge >= 0.3 is 0 Å². The zero-order chi connectivity index (χ0) is 10.7. The van der Waals surface area contributed by atoms with E-state index in [1.165, 1.54) is 0 Å². The van der Waals surface area contributed by atoms with Gasteiger partial charge in [-0.15, -0.1) is 0 Å². The van der Waals surface area contributed by atoms with Crippen molar-refractivity contribution in [2.75, 3.05) is 6.61 Å². The zero-order valence-corrected chi connectivity index (χ0v) is 9.36. The number of aliphatic hydroxyl groups excluding tert-OH is 1. The zero-order valence-electron chi connectivity index (χ0n) is 9.36. The van der Waals surface area contributed by atoms with Crippen LogP contribution in [0.25, 0.3) is 0 Å². The highest BCUT2D eigenvalue weighted by Crippen LogP contribution is 2.16. The Morgan fingerprint density at radius 2 is 1.86 bits per heavy atom. The highest BCUT2D eigenvalue weighted by molar-refractivity contribution is 5.00. The van der Waals surface area contributed by atoms with Crippen molar-refractivity contribution < 1.29 is 5.11 Å². The van der Waals surface area contributed by atoms with E-state index in [2.05, 4.69) is 37.8 Å². The topological polar surface area (TPSA) is 50.9 Å². The first kappa shape index (κ1) is 11.2. The lowest BCUT2D eigenvalue weighted by Gasteiger charge is -2.05. The van der Waals surface area contributed by atoms with Crippen LogP contribution in [0, 0.1) is 0 Å². The molecule has 4 nitrogen and oxygen atoms in total. The molecule has 0 saturated heterocycles. The molecule has 1 aromatic heterocycles. The van der Waals surface area contributed by atoms with E-state index in [1.807, 2.05) is 0 Å². The molecule has 0 fully saturated rings. The molecule has 0 saturated carbocycles. The third-order valence-corrected chi connectivity index (χ3v) is 2.06. The quantitative estimate of drug-likeness (QED) is 0.796. The number of aliphatic hydroxyl groups is 1. The molecule has 0 aliphatic carbocycles. The van der Waals surface area contributed by atoms with Crippen LogP contribution in [0.2, 0.25) is 0 Å². The Kier molecular flexibility index (Phi) is 3.63. The van der Waals surface area contributed by atoms with Gasteiger partial charge in [0.25, 0.3) is 0 Å². The van der Waals surface area contributed by atoms with Crippen molar-refractivity contribution in [2.45, 2.75) is 46.1 Å². The molecule has 0 spiro atoms. The lowest BCUT2D eigenvalue weighted by Crippen LogP contribution is -2.09. The van der Waals surface area contributed by atoms with E-state index in [9.17, 15) is 0 Å². The van der Waals surface area contributed by atoms with Gasteiger partial charge in [0.15, 0.2) is 5.82 Å². The van der Waals surface area contributed by atoms with Crippen molar-refractivity contribution in [1.82, 2.24) is 14.8 Å². The van der Waals surface area contributed by atoms with Crippen molar-refractivity contribution in [1.29, 1.82) is 0 Å². The molecule has 0 atom stereocenters. The molecule has 1 N–H and O–H groups in total. The summed E-state index contributed by atoms with van der Waals surface area (Å²) in [6, 6.07) is 0. The Morgan fingerprint density at radius 1 is 1.21 bits per heavy atom. The van der Waals surface area contributed by atoms with Crippen LogP contribution < -0.4 is 0 Å². The monoisotopic (exact) mass is 197 g/mol. The van der Waals surface area contributed by atoms with Gasteiger partial charge in [0.05, 0.1) is 13.2 Å². The van der Waals surface area contributed by atoms with E-state index in [-0.39, 0.29) is 6.61 Å². The second-order valence-electron chi connectivity index (χ2n) is 4.08. The smallest absolute Gasteiger partial charge is 0.153 e. The molecule has 80 valence electrons. The van der Waals surface area contributed by atoms with Crippen LogP contribution in [0.15, 0.2) is 0 Å². The summed E-state index contributed by atoms with van der Waals surface area (Å²) in [7, 11) is 0. The van der Waals surface area contributed by atoms with Crippen LogP contribution in [-0.4, -0.2) is 26.5 Å². The average Bonchev–Trinajstić information content (AvgIpc) is 2.49. The first-order valence-electron chi connectivity index (χ1n) is 5.11. The first-order chi connectivity index (χ1) is 6.56. The van der Waals surface area contributed by atoms with Crippen molar-refractivity contribution in [3.05, 3.63) is 11.6 Å². The van der Waals surface area contributed by atoms with Crippen LogP contribution in [-0.2, 0) is 6.54 Å². The maximum atomic E-state index is 8.89. The number of hydrogen-bond acceptors (Lipinski definition) is 3. The van der Waals surface area contributed by atoms with E-state index in [0.717, 1.165) is 11.6 Å². The summed E-state index contributed by atoms with van der Waals surface area (Å²) < 4.78 is 1.81. The minimum Gasteiger partial charge on any atom is -0.394 e. The highest BCUT2D eigenvalue weighted by atomic mass is 16.3. The Bertz CT molecular complexity index is 292. The van der Waals surface area contributed by atoms with Gasteiger partial charge in [-0.2, -0.15) is 5.10 Å². The predicted octanol–water partition coefficient (Wildman–Crippen LogP) is 1.52. The minimum absolute atomic E-state index is 0.112. The number of nitrogens with zero attached hydrogens (tertiary/aromatic N) is 3. The lowest BCUT2D eigenvalue weighted by atomic mass is 10.2. The largest absolute Gasteiger partial charge is 0.394 e. The molecule has 1 heterocycles. The second-order valence-corrected chi connectivity index (χ2v) is 4.08. The molecule has 1 aromatic rings. The molecular weight excluding hydrogens is 178 g/mol. The SMILES string of the molecule is CC(C)c1nc(C(C)C)n(CCO)n1. The average molecular weight is 197 g/mol. The summed E-state index contributed by atoms with van der Waals surface area (Å²) in [4.78, 5) is 4.47. The number of hydrogen-bond donors (Lipinski definition) is 1. The van der Waals surface area contributed by atoms with Gasteiger partial charge in [-0.25, -0.2) is 9.67 Å². The maximum absolute atomic E-state index is 8.89. The molecule has 1 rings (SSSR count). The van der Waals surface area contributed by atoms with E-state index in [0.29, 0.717) is 18.4 Å². The van der Waals surface area contributed by atoms with E-state index < -0.39 is 0 Å². The molecule has 4 heteroatoms. The van der Waals surface area contributed by atoms with Gasteiger partial charge in [0, 0.05) is 11.8 Å². The molecule has 14 heavy (non-hydrogen) atoms. The molecule has 0 amide bonds. The molecule has 0 aromatic carbocycles. The molecular formula is C10H19N3O. The maximum Gasteiger partial charge on any atom is 0.153 e. The van der Waals surface area contributed by atoms with Crippen LogP contribution in [0.1, 0.15) is 51.2 Å². The summed E-state index contributed by atoms with van der Waals surface area (Å²) >= 11 is 0. The predicted molar refractivity (Wildman–Crippen MR) is 55.3 cm³/mol. The fourth-order valence-corrected chi connectivity index (χ4v) is 1.30. The van der Waals surface area contributed by atoms with Crippen LogP contribution >= 0.6 is 0 Å². The summed E-state index contributed by atoms with van der Waals surface area (Å²) in [6.45, 7) is 8.96. The van der Waals surface area contributed by atoms with E-state index in [1.54, 1.807) is 4.68 Å². The second kappa shape index (κ2) is 4.55. The van der Waals surface area contributed by atoms with Crippen LogP contribution in [0.3, 0.4) is 0 Å². The van der Waals surface area contributed by atoms with E-state index >= 15 is 0 Å². The van der Waals surface area contributed by atoms with Crippen molar-refractivity contribution in [2.24, 2.45) is 0 Å². The van der Waals surface area contributed by atoms with Crippen molar-refractivity contribution in [3.63, 3.8) is 0 Å². The fraction of sp³-hybridized carbons (Fsp3) is 0.800. The van der Waals surface area contributed by atoms with Gasteiger partial charge in [-0.3, -0.25) is 0 Å². The van der Waals surface area contributed by atoms with Gasteiger partial charge in [-0.1, -0.05) is 27.7 Å². The Labute approximate surface area is 85.0 Å². The Balaban J connectivity index is 2.99. The van der Waals surface area contributed by atoms with Gasteiger partial charge < -0.3 is 5.11 Å². The summed E-state index contributed by atoms with van der Waals surface area (Å²) in [6.07, 6.45) is 0. The van der Waals surface area contributed by atoms with E-state index in [4.69, 9.17) is 5.11 Å². The van der Waals surface area contributed by atoms with Gasteiger partial charge in [0.1, 0.15) is 5.82 Å². The van der Waals surface area contributed by atoms with Gasteiger partial charge in [0.2, 0.25) is 0 Å². The molecule has 0 radical (unpaired) electrons. The Hall–Kier alpha value is -0.900. The summed E-state index contributed by atoms with van der Waals surface area (Å²) in [5.74, 6) is 2.51. The van der Waals surface area contributed by atoms with Crippen molar-refractivity contribution in [3.8, 4) is 0 Å². The van der Waals surface area contributed by atoms with Crippen LogP contribution in [0.5, 0.6) is 0 Å².